The molecule has 0 aromatic heterocycles. The molecule has 21 heavy (non-hydrogen) atoms. The molecule has 0 aliphatic rings. The number of anilines is 2. The Morgan fingerprint density at radius 2 is 2.14 bits per heavy atom. The normalized spacial score (nSPS) is 10.2. The highest BCUT2D eigenvalue weighted by Gasteiger charge is 2.08. The van der Waals surface area contributed by atoms with Gasteiger partial charge in [0.25, 0.3) is 5.91 Å². The van der Waals surface area contributed by atoms with E-state index in [2.05, 4.69) is 21.2 Å². The lowest BCUT2D eigenvalue weighted by molar-refractivity contribution is -0.118. The molecule has 0 unspecified atom stereocenters. The van der Waals surface area contributed by atoms with Gasteiger partial charge in [-0.1, -0.05) is 6.07 Å². The number of carbonyl (C=O) groups is 1. The van der Waals surface area contributed by atoms with Crippen molar-refractivity contribution in [1.29, 1.82) is 0 Å². The number of rotatable bonds is 4. The largest absolute Gasteiger partial charge is 0.484 e. The van der Waals surface area contributed by atoms with E-state index in [0.717, 1.165) is 5.56 Å². The van der Waals surface area contributed by atoms with Crippen LogP contribution in [0.2, 0.25) is 0 Å². The minimum atomic E-state index is -0.445. The molecule has 0 aliphatic heterocycles. The van der Waals surface area contributed by atoms with Gasteiger partial charge in [0.1, 0.15) is 11.6 Å². The molecular formula is C15H14BrFN2O2. The van der Waals surface area contributed by atoms with Gasteiger partial charge in [0.05, 0.1) is 4.47 Å². The fraction of sp³-hybridized carbons (Fsp3) is 0.133. The van der Waals surface area contributed by atoms with Crippen LogP contribution in [0.4, 0.5) is 15.8 Å². The minimum absolute atomic E-state index is 0.213. The van der Waals surface area contributed by atoms with Crippen LogP contribution < -0.4 is 15.8 Å². The molecule has 0 saturated carbocycles. The van der Waals surface area contributed by atoms with E-state index < -0.39 is 5.82 Å². The van der Waals surface area contributed by atoms with Crippen molar-refractivity contribution in [2.75, 3.05) is 17.7 Å². The molecule has 0 fully saturated rings. The van der Waals surface area contributed by atoms with Gasteiger partial charge in [-0.05, 0) is 52.7 Å². The molecule has 0 spiro atoms. The first-order chi connectivity index (χ1) is 9.97. The SMILES string of the molecule is Cc1c(N)cccc1NC(=O)COc1ccc(Br)c(F)c1. The Hall–Kier alpha value is -2.08. The van der Waals surface area contributed by atoms with Gasteiger partial charge in [0.15, 0.2) is 6.61 Å². The first kappa shape index (κ1) is 15.3. The fourth-order valence-corrected chi connectivity index (χ4v) is 1.94. The highest BCUT2D eigenvalue weighted by Crippen LogP contribution is 2.22. The Bertz CT molecular complexity index is 677. The van der Waals surface area contributed by atoms with Crippen molar-refractivity contribution < 1.29 is 13.9 Å². The highest BCUT2D eigenvalue weighted by atomic mass is 79.9. The van der Waals surface area contributed by atoms with Gasteiger partial charge in [0.2, 0.25) is 0 Å². The van der Waals surface area contributed by atoms with E-state index >= 15 is 0 Å². The number of ether oxygens (including phenoxy) is 1. The summed E-state index contributed by atoms with van der Waals surface area (Å²) in [6, 6.07) is 9.57. The van der Waals surface area contributed by atoms with Crippen LogP contribution in [0, 0.1) is 12.7 Å². The Morgan fingerprint density at radius 3 is 2.86 bits per heavy atom. The van der Waals surface area contributed by atoms with Crippen LogP contribution in [0.5, 0.6) is 5.75 Å². The molecule has 0 heterocycles. The molecule has 0 atom stereocenters. The molecule has 2 rings (SSSR count). The van der Waals surface area contributed by atoms with Crippen LogP contribution in [-0.2, 0) is 4.79 Å². The summed E-state index contributed by atoms with van der Waals surface area (Å²) in [5.41, 5.74) is 7.79. The molecule has 2 aromatic rings. The van der Waals surface area contributed by atoms with Crippen molar-refractivity contribution >= 4 is 33.2 Å². The molecule has 0 aliphatic carbocycles. The average Bonchev–Trinajstić information content (AvgIpc) is 2.45. The number of nitrogens with one attached hydrogen (secondary N) is 1. The lowest BCUT2D eigenvalue weighted by atomic mass is 10.1. The number of carbonyl (C=O) groups excluding carboxylic acids is 1. The van der Waals surface area contributed by atoms with Gasteiger partial charge in [0, 0.05) is 17.4 Å². The quantitative estimate of drug-likeness (QED) is 0.827. The maximum absolute atomic E-state index is 13.3. The molecule has 0 saturated heterocycles. The van der Waals surface area contributed by atoms with Gasteiger partial charge < -0.3 is 15.8 Å². The summed E-state index contributed by atoms with van der Waals surface area (Å²) in [7, 11) is 0. The number of benzene rings is 2. The minimum Gasteiger partial charge on any atom is -0.484 e. The van der Waals surface area contributed by atoms with Crippen LogP contribution in [0.3, 0.4) is 0 Å². The van der Waals surface area contributed by atoms with E-state index in [9.17, 15) is 9.18 Å². The van der Waals surface area contributed by atoms with Crippen LogP contribution in [0.15, 0.2) is 40.9 Å². The summed E-state index contributed by atoms with van der Waals surface area (Å²) in [5.74, 6) is -0.498. The third-order valence-electron chi connectivity index (χ3n) is 2.91. The van der Waals surface area contributed by atoms with Crippen LogP contribution in [-0.4, -0.2) is 12.5 Å². The molecule has 110 valence electrons. The van der Waals surface area contributed by atoms with E-state index in [1.165, 1.54) is 12.1 Å². The average molecular weight is 353 g/mol. The van der Waals surface area contributed by atoms with Crippen LogP contribution in [0.1, 0.15) is 5.56 Å². The highest BCUT2D eigenvalue weighted by molar-refractivity contribution is 9.10. The second-order valence-electron chi connectivity index (χ2n) is 4.43. The summed E-state index contributed by atoms with van der Waals surface area (Å²) < 4.78 is 18.9. The number of hydrogen-bond donors (Lipinski definition) is 2. The predicted octanol–water partition coefficient (Wildman–Crippen LogP) is 3.50. The number of halogens is 2. The first-order valence-electron chi connectivity index (χ1n) is 6.20. The molecule has 6 heteroatoms. The van der Waals surface area contributed by atoms with Crippen molar-refractivity contribution in [2.24, 2.45) is 0 Å². The van der Waals surface area contributed by atoms with Crippen molar-refractivity contribution in [1.82, 2.24) is 0 Å². The number of nitrogen functional groups attached to an aromatic ring is 1. The van der Waals surface area contributed by atoms with E-state index in [4.69, 9.17) is 10.5 Å². The van der Waals surface area contributed by atoms with Gasteiger partial charge in [-0.25, -0.2) is 4.39 Å². The third kappa shape index (κ3) is 3.95. The molecule has 2 aromatic carbocycles. The summed E-state index contributed by atoms with van der Waals surface area (Å²) in [6.07, 6.45) is 0. The molecule has 1 amide bonds. The van der Waals surface area contributed by atoms with Gasteiger partial charge >= 0.3 is 0 Å². The standard InChI is InChI=1S/C15H14BrFN2O2/c1-9-13(18)3-2-4-14(9)19-15(20)8-21-10-5-6-11(16)12(17)7-10/h2-7H,8,18H2,1H3,(H,19,20). The Kier molecular flexibility index (Phi) is 4.80. The van der Waals surface area contributed by atoms with E-state index in [1.54, 1.807) is 24.3 Å². The summed E-state index contributed by atoms with van der Waals surface area (Å²) in [4.78, 5) is 11.8. The smallest absolute Gasteiger partial charge is 0.262 e. The Labute approximate surface area is 130 Å². The van der Waals surface area contributed by atoms with Gasteiger partial charge in [-0.15, -0.1) is 0 Å². The zero-order valence-electron chi connectivity index (χ0n) is 11.3. The van der Waals surface area contributed by atoms with Crippen molar-refractivity contribution in [3.63, 3.8) is 0 Å². The van der Waals surface area contributed by atoms with Gasteiger partial charge in [-0.2, -0.15) is 0 Å². The predicted molar refractivity (Wildman–Crippen MR) is 83.8 cm³/mol. The monoisotopic (exact) mass is 352 g/mol. The number of amides is 1. The lowest BCUT2D eigenvalue weighted by Gasteiger charge is -2.11. The summed E-state index contributed by atoms with van der Waals surface area (Å²) in [5, 5.41) is 2.70. The van der Waals surface area contributed by atoms with E-state index in [0.29, 0.717) is 15.8 Å². The van der Waals surface area contributed by atoms with Crippen molar-refractivity contribution in [2.45, 2.75) is 6.92 Å². The second-order valence-corrected chi connectivity index (χ2v) is 5.29. The summed E-state index contributed by atoms with van der Waals surface area (Å²) in [6.45, 7) is 1.60. The molecule has 0 radical (unpaired) electrons. The number of hydrogen-bond acceptors (Lipinski definition) is 3. The molecule has 4 nitrogen and oxygen atoms in total. The lowest BCUT2D eigenvalue weighted by Crippen LogP contribution is -2.20. The zero-order valence-corrected chi connectivity index (χ0v) is 12.9. The maximum atomic E-state index is 13.3. The third-order valence-corrected chi connectivity index (χ3v) is 3.55. The van der Waals surface area contributed by atoms with E-state index in [-0.39, 0.29) is 18.3 Å². The first-order valence-corrected chi connectivity index (χ1v) is 6.99. The Balaban J connectivity index is 1.96. The van der Waals surface area contributed by atoms with Gasteiger partial charge in [-0.3, -0.25) is 4.79 Å². The van der Waals surface area contributed by atoms with Crippen molar-refractivity contribution in [3.05, 3.63) is 52.3 Å². The van der Waals surface area contributed by atoms with Crippen LogP contribution >= 0.6 is 15.9 Å². The van der Waals surface area contributed by atoms with E-state index in [1.807, 2.05) is 6.92 Å². The van der Waals surface area contributed by atoms with Crippen molar-refractivity contribution in [3.8, 4) is 5.75 Å². The second kappa shape index (κ2) is 6.58. The molecule has 3 N–H and O–H groups in total. The number of nitrogens with two attached hydrogens (primary N) is 1. The Morgan fingerprint density at radius 1 is 1.38 bits per heavy atom. The summed E-state index contributed by atoms with van der Waals surface area (Å²) >= 11 is 3.05. The fourth-order valence-electron chi connectivity index (χ4n) is 1.69. The topological polar surface area (TPSA) is 64.3 Å². The maximum Gasteiger partial charge on any atom is 0.262 e. The van der Waals surface area contributed by atoms with Crippen LogP contribution in [0.25, 0.3) is 0 Å². The molecule has 0 bridgehead atoms. The molecular weight excluding hydrogens is 339 g/mol. The zero-order chi connectivity index (χ0) is 15.4.